The number of rotatable bonds is 6. The third-order valence-electron chi connectivity index (χ3n) is 2.47. The molecule has 0 bridgehead atoms. The summed E-state index contributed by atoms with van der Waals surface area (Å²) in [7, 11) is 0. The number of hydrogen-bond acceptors (Lipinski definition) is 4. The van der Waals surface area contributed by atoms with Crippen molar-refractivity contribution in [2.24, 2.45) is 0 Å². The van der Waals surface area contributed by atoms with E-state index in [4.69, 9.17) is 11.5 Å². The van der Waals surface area contributed by atoms with Gasteiger partial charge in [-0.1, -0.05) is 32.6 Å². The van der Waals surface area contributed by atoms with Gasteiger partial charge in [-0.05, 0) is 12.8 Å². The molecule has 1 aromatic rings. The second-order valence-electron chi connectivity index (χ2n) is 3.80. The highest BCUT2D eigenvalue weighted by molar-refractivity contribution is 5.41. The van der Waals surface area contributed by atoms with Gasteiger partial charge in [0, 0.05) is 11.8 Å². The summed E-state index contributed by atoms with van der Waals surface area (Å²) in [5, 5.41) is 0. The van der Waals surface area contributed by atoms with Gasteiger partial charge in [0.15, 0.2) is 0 Å². The second kappa shape index (κ2) is 6.22. The number of hydrogen-bond donors (Lipinski definition) is 2. The average Bonchev–Trinajstić information content (AvgIpc) is 2.20. The number of nitrogens with zero attached hydrogens (tertiary/aromatic N) is 2. The van der Waals surface area contributed by atoms with Crippen molar-refractivity contribution < 1.29 is 0 Å². The maximum absolute atomic E-state index is 5.73. The Hall–Kier alpha value is -1.32. The predicted molar refractivity (Wildman–Crippen MR) is 63.3 cm³/mol. The van der Waals surface area contributed by atoms with Gasteiger partial charge >= 0.3 is 0 Å². The van der Waals surface area contributed by atoms with E-state index in [2.05, 4.69) is 16.9 Å². The van der Waals surface area contributed by atoms with Crippen LogP contribution in [0.5, 0.6) is 0 Å². The van der Waals surface area contributed by atoms with E-state index in [-0.39, 0.29) is 5.95 Å². The van der Waals surface area contributed by atoms with Gasteiger partial charge in [-0.15, -0.1) is 0 Å². The number of unbranched alkanes of at least 4 members (excludes halogenated alkanes) is 4. The zero-order valence-corrected chi connectivity index (χ0v) is 9.37. The predicted octanol–water partition coefficient (Wildman–Crippen LogP) is 2.15. The van der Waals surface area contributed by atoms with Crippen LogP contribution in [0.3, 0.4) is 0 Å². The fourth-order valence-electron chi connectivity index (χ4n) is 1.55. The van der Waals surface area contributed by atoms with Gasteiger partial charge in [-0.2, -0.15) is 4.98 Å². The number of nitrogen functional groups attached to an aromatic ring is 2. The number of anilines is 2. The standard InChI is InChI=1S/C11H20N4/c1-2-3-4-5-6-7-9-8-14-11(13)15-10(9)12/h8H,2-7H2,1H3,(H4,12,13,14,15). The summed E-state index contributed by atoms with van der Waals surface area (Å²) in [6.07, 6.45) is 8.97. The summed E-state index contributed by atoms with van der Waals surface area (Å²) in [5.41, 5.74) is 12.2. The van der Waals surface area contributed by atoms with Gasteiger partial charge in [0.25, 0.3) is 0 Å². The molecule has 0 saturated carbocycles. The van der Waals surface area contributed by atoms with Gasteiger partial charge < -0.3 is 11.5 Å². The molecule has 0 aliphatic heterocycles. The van der Waals surface area contributed by atoms with E-state index < -0.39 is 0 Å². The summed E-state index contributed by atoms with van der Waals surface area (Å²) >= 11 is 0. The van der Waals surface area contributed by atoms with E-state index in [1.807, 2.05) is 0 Å². The molecule has 4 heteroatoms. The minimum absolute atomic E-state index is 0.252. The summed E-state index contributed by atoms with van der Waals surface area (Å²) in [6, 6.07) is 0. The van der Waals surface area contributed by atoms with E-state index >= 15 is 0 Å². The van der Waals surface area contributed by atoms with Gasteiger partial charge in [-0.25, -0.2) is 4.98 Å². The molecular weight excluding hydrogens is 188 g/mol. The quantitative estimate of drug-likeness (QED) is 0.702. The molecule has 0 aliphatic rings. The molecule has 1 heterocycles. The fourth-order valence-corrected chi connectivity index (χ4v) is 1.55. The van der Waals surface area contributed by atoms with Crippen molar-refractivity contribution in [3.05, 3.63) is 11.8 Å². The molecule has 0 amide bonds. The Morgan fingerprint density at radius 2 is 1.87 bits per heavy atom. The SMILES string of the molecule is CCCCCCCc1cnc(N)nc1N. The normalized spacial score (nSPS) is 10.5. The zero-order chi connectivity index (χ0) is 11.1. The monoisotopic (exact) mass is 208 g/mol. The van der Waals surface area contributed by atoms with Crippen LogP contribution in [0.1, 0.15) is 44.6 Å². The summed E-state index contributed by atoms with van der Waals surface area (Å²) in [5.74, 6) is 0.778. The van der Waals surface area contributed by atoms with Crippen molar-refractivity contribution in [1.29, 1.82) is 0 Å². The van der Waals surface area contributed by atoms with Gasteiger partial charge in [0.2, 0.25) is 5.95 Å². The molecule has 15 heavy (non-hydrogen) atoms. The Bertz CT molecular complexity index is 299. The van der Waals surface area contributed by atoms with Crippen LogP contribution >= 0.6 is 0 Å². The first kappa shape index (κ1) is 11.8. The minimum atomic E-state index is 0.252. The van der Waals surface area contributed by atoms with Crippen molar-refractivity contribution in [2.45, 2.75) is 45.4 Å². The summed E-state index contributed by atoms with van der Waals surface area (Å²) < 4.78 is 0. The molecule has 4 nitrogen and oxygen atoms in total. The van der Waals surface area contributed by atoms with E-state index in [1.165, 1.54) is 25.7 Å². The smallest absolute Gasteiger partial charge is 0.221 e. The molecule has 4 N–H and O–H groups in total. The molecule has 0 radical (unpaired) electrons. The van der Waals surface area contributed by atoms with E-state index in [0.717, 1.165) is 18.4 Å². The topological polar surface area (TPSA) is 77.8 Å². The zero-order valence-electron chi connectivity index (χ0n) is 9.37. The molecule has 84 valence electrons. The average molecular weight is 208 g/mol. The van der Waals surface area contributed by atoms with Crippen molar-refractivity contribution in [2.75, 3.05) is 11.5 Å². The van der Waals surface area contributed by atoms with Crippen LogP contribution in [0.15, 0.2) is 6.20 Å². The fraction of sp³-hybridized carbons (Fsp3) is 0.636. The minimum Gasteiger partial charge on any atom is -0.383 e. The van der Waals surface area contributed by atoms with E-state index in [9.17, 15) is 0 Å². The van der Waals surface area contributed by atoms with Crippen molar-refractivity contribution in [1.82, 2.24) is 9.97 Å². The van der Waals surface area contributed by atoms with Crippen LogP contribution in [-0.4, -0.2) is 9.97 Å². The maximum Gasteiger partial charge on any atom is 0.221 e. The van der Waals surface area contributed by atoms with Gasteiger partial charge in [0.1, 0.15) is 5.82 Å². The molecule has 0 spiro atoms. The Morgan fingerprint density at radius 3 is 2.53 bits per heavy atom. The lowest BCUT2D eigenvalue weighted by Gasteiger charge is -2.04. The highest BCUT2D eigenvalue weighted by Gasteiger charge is 2.01. The Kier molecular flexibility index (Phi) is 4.87. The first-order valence-corrected chi connectivity index (χ1v) is 5.61. The number of aryl methyl sites for hydroxylation is 1. The lowest BCUT2D eigenvalue weighted by Crippen LogP contribution is -2.03. The molecule has 0 fully saturated rings. The lowest BCUT2D eigenvalue weighted by atomic mass is 10.1. The van der Waals surface area contributed by atoms with Crippen LogP contribution in [0.25, 0.3) is 0 Å². The molecule has 0 unspecified atom stereocenters. The molecule has 0 saturated heterocycles. The third kappa shape index (κ3) is 4.14. The van der Waals surface area contributed by atoms with Crippen LogP contribution in [0.2, 0.25) is 0 Å². The summed E-state index contributed by atoms with van der Waals surface area (Å²) in [4.78, 5) is 7.87. The second-order valence-corrected chi connectivity index (χ2v) is 3.80. The molecule has 0 atom stereocenters. The lowest BCUT2D eigenvalue weighted by molar-refractivity contribution is 0.631. The van der Waals surface area contributed by atoms with Crippen molar-refractivity contribution in [3.8, 4) is 0 Å². The maximum atomic E-state index is 5.73. The van der Waals surface area contributed by atoms with Crippen LogP contribution in [0, 0.1) is 0 Å². The Labute approximate surface area is 91.1 Å². The van der Waals surface area contributed by atoms with E-state index in [0.29, 0.717) is 5.82 Å². The largest absolute Gasteiger partial charge is 0.383 e. The molecule has 0 aromatic carbocycles. The van der Waals surface area contributed by atoms with Crippen molar-refractivity contribution >= 4 is 11.8 Å². The van der Waals surface area contributed by atoms with Crippen molar-refractivity contribution in [3.63, 3.8) is 0 Å². The Balaban J connectivity index is 2.31. The van der Waals surface area contributed by atoms with Gasteiger partial charge in [-0.3, -0.25) is 0 Å². The van der Waals surface area contributed by atoms with Crippen LogP contribution in [0.4, 0.5) is 11.8 Å². The number of nitrogens with two attached hydrogens (primary N) is 2. The Morgan fingerprint density at radius 1 is 1.13 bits per heavy atom. The molecule has 1 rings (SSSR count). The highest BCUT2D eigenvalue weighted by Crippen LogP contribution is 2.13. The third-order valence-corrected chi connectivity index (χ3v) is 2.47. The van der Waals surface area contributed by atoms with E-state index in [1.54, 1.807) is 6.20 Å². The van der Waals surface area contributed by atoms with Gasteiger partial charge in [0.05, 0.1) is 0 Å². The molecule has 0 aliphatic carbocycles. The number of aromatic nitrogens is 2. The molecule has 1 aromatic heterocycles. The first-order valence-electron chi connectivity index (χ1n) is 5.61. The highest BCUT2D eigenvalue weighted by atomic mass is 15.0. The molecular formula is C11H20N4. The van der Waals surface area contributed by atoms with Crippen LogP contribution < -0.4 is 11.5 Å². The first-order chi connectivity index (χ1) is 7.24. The summed E-state index contributed by atoms with van der Waals surface area (Å²) in [6.45, 7) is 2.21. The van der Waals surface area contributed by atoms with Crippen LogP contribution in [-0.2, 0) is 6.42 Å².